The minimum absolute atomic E-state index is 0.0257. The zero-order chi connectivity index (χ0) is 71.3. The van der Waals surface area contributed by atoms with Gasteiger partial charge in [0, 0.05) is 52.1 Å². The molecule has 1 unspecified atom stereocenters. The Balaban J connectivity index is 1.17. The third-order valence-corrected chi connectivity index (χ3v) is 16.6. The lowest BCUT2D eigenvalue weighted by Gasteiger charge is -2.39. The van der Waals surface area contributed by atoms with E-state index in [0.29, 0.717) is 24.8 Å². The Hall–Kier alpha value is -5.53. The number of aliphatic hydroxyl groups excluding tert-OH is 12. The van der Waals surface area contributed by atoms with Crippen LogP contribution in [0.5, 0.6) is 0 Å². The lowest BCUT2D eigenvalue weighted by Crippen LogP contribution is -2.58. The van der Waals surface area contributed by atoms with Crippen LogP contribution in [-0.4, -0.2) is 321 Å². The van der Waals surface area contributed by atoms with E-state index in [-0.39, 0.29) is 117 Å². The van der Waals surface area contributed by atoms with Crippen LogP contribution >= 0.6 is 0 Å². The van der Waals surface area contributed by atoms with Gasteiger partial charge in [-0.15, -0.1) is 0 Å². The van der Waals surface area contributed by atoms with E-state index in [4.69, 9.17) is 42.6 Å². The summed E-state index contributed by atoms with van der Waals surface area (Å²) in [6.45, 7) is 3.28. The molecule has 36 heteroatoms. The number of nitrogens with zero attached hydrogens (tertiary/aromatic N) is 1. The number of alkyl carbamates (subject to hydrolysis) is 1. The summed E-state index contributed by atoms with van der Waals surface area (Å²) in [5, 5.41) is 141. The van der Waals surface area contributed by atoms with Gasteiger partial charge in [-0.05, 0) is 71.8 Å². The van der Waals surface area contributed by atoms with Crippen LogP contribution in [0.4, 0.5) is 4.79 Å². The Morgan fingerprint density at radius 3 is 1.23 bits per heavy atom. The Bertz CT molecular complexity index is 2490. The van der Waals surface area contributed by atoms with E-state index in [9.17, 15) is 94.8 Å². The lowest BCUT2D eigenvalue weighted by molar-refractivity contribution is -0.292. The highest BCUT2D eigenvalue weighted by atomic mass is 16.7. The maximum atomic E-state index is 14.3. The van der Waals surface area contributed by atoms with Crippen LogP contribution in [0.15, 0.2) is 30.3 Å². The first kappa shape index (κ1) is 82.1. The van der Waals surface area contributed by atoms with Gasteiger partial charge < -0.3 is 141 Å². The minimum atomic E-state index is -1.65. The summed E-state index contributed by atoms with van der Waals surface area (Å²) >= 11 is 0. The predicted molar refractivity (Wildman–Crippen MR) is 332 cm³/mol. The zero-order valence-electron chi connectivity index (χ0n) is 55.0. The SMILES string of the molecule is C[C@@H]1O[C@@H](OCCNC(=O)[C@H](CCCCNC(=O)CC[C@H](NC(=O)OCc2ccccc2)C(=O)NCCCCCC(=O)NCCO[C@@H]2O[C@@H](C)[C@@H](O)[C@@H](O)[C@@H]2O)N(CC(=O)NCCO[C@@H]2O[C@@H](C)[C@@H](O)[C@@H](O)[C@@H]2O)CC(=O)NCCO[C@@H]2O[C@@H](C)[C@@H](O)[C@@H](O)[C@@H]2O)[C@@H](O)[C@H](O)C1O. The molecule has 22 atom stereocenters. The molecule has 1 aromatic carbocycles. The van der Waals surface area contributed by atoms with Crippen molar-refractivity contribution in [1.82, 2.24) is 42.1 Å². The van der Waals surface area contributed by atoms with Crippen molar-refractivity contribution in [2.75, 3.05) is 78.8 Å². The van der Waals surface area contributed by atoms with E-state index < -0.39 is 184 Å². The highest BCUT2D eigenvalue weighted by molar-refractivity contribution is 5.87. The summed E-state index contributed by atoms with van der Waals surface area (Å²) in [5.74, 6) is -3.58. The van der Waals surface area contributed by atoms with Gasteiger partial charge in [0.2, 0.25) is 35.4 Å². The van der Waals surface area contributed by atoms with Gasteiger partial charge in [0.1, 0.15) is 85.9 Å². The van der Waals surface area contributed by atoms with E-state index in [1.807, 2.05) is 0 Å². The number of hydrogen-bond donors (Lipinski definition) is 19. The van der Waals surface area contributed by atoms with Gasteiger partial charge in [-0.1, -0.05) is 36.8 Å². The van der Waals surface area contributed by atoms with Gasteiger partial charge >= 0.3 is 6.09 Å². The number of nitrogens with one attached hydrogen (secondary N) is 7. The predicted octanol–water partition coefficient (Wildman–Crippen LogP) is -7.46. The fourth-order valence-electron chi connectivity index (χ4n) is 10.6. The quantitative estimate of drug-likeness (QED) is 0.0271. The molecule has 4 heterocycles. The van der Waals surface area contributed by atoms with Crippen molar-refractivity contribution in [3.8, 4) is 0 Å². The molecule has 0 bridgehead atoms. The third kappa shape index (κ3) is 27.2. The number of carbonyl (C=O) groups excluding carboxylic acids is 7. The molecule has 554 valence electrons. The molecule has 0 saturated carbocycles. The number of aliphatic hydroxyl groups is 12. The van der Waals surface area contributed by atoms with Gasteiger partial charge in [0.05, 0.1) is 70.0 Å². The summed E-state index contributed by atoms with van der Waals surface area (Å²) in [4.78, 5) is 95.4. The molecule has 0 aliphatic carbocycles. The van der Waals surface area contributed by atoms with Crippen LogP contribution in [-0.2, 0) is 78.0 Å². The van der Waals surface area contributed by atoms with Gasteiger partial charge in [-0.2, -0.15) is 0 Å². The largest absolute Gasteiger partial charge is 0.445 e. The van der Waals surface area contributed by atoms with Gasteiger partial charge in [-0.25, -0.2) is 4.79 Å². The molecule has 1 aromatic rings. The maximum absolute atomic E-state index is 14.3. The number of rotatable bonds is 40. The number of ether oxygens (including phenoxy) is 9. The molecule has 19 N–H and O–H groups in total. The zero-order valence-corrected chi connectivity index (χ0v) is 55.0. The van der Waals surface area contributed by atoms with Crippen LogP contribution in [0.25, 0.3) is 0 Å². The van der Waals surface area contributed by atoms with Crippen LogP contribution in [0.1, 0.15) is 91.0 Å². The second-order valence-corrected chi connectivity index (χ2v) is 24.2. The summed E-state index contributed by atoms with van der Waals surface area (Å²) in [6, 6.07) is 6.25. The molecule has 0 aromatic heterocycles. The lowest BCUT2D eigenvalue weighted by atomic mass is 10.0. The van der Waals surface area contributed by atoms with E-state index in [2.05, 4.69) is 37.2 Å². The van der Waals surface area contributed by atoms with Crippen LogP contribution in [0, 0.1) is 0 Å². The van der Waals surface area contributed by atoms with E-state index in [1.165, 1.54) is 32.6 Å². The van der Waals surface area contributed by atoms with Crippen molar-refractivity contribution < 1.29 is 137 Å². The van der Waals surface area contributed by atoms with Gasteiger partial charge in [-0.3, -0.25) is 33.7 Å². The second kappa shape index (κ2) is 42.5. The van der Waals surface area contributed by atoms with Gasteiger partial charge in [0.25, 0.3) is 0 Å². The number of unbranched alkanes of at least 4 members (excludes halogenated alkanes) is 3. The van der Waals surface area contributed by atoms with E-state index >= 15 is 0 Å². The normalized spacial score (nSPS) is 31.1. The maximum Gasteiger partial charge on any atom is 0.408 e. The van der Waals surface area contributed by atoms with Crippen LogP contribution in [0.2, 0.25) is 0 Å². The minimum Gasteiger partial charge on any atom is -0.445 e. The standard InChI is InChI=1S/C61H102N8O28/c1-32-43(74)47(78)51(82)57(94-32)89-25-21-63-39(70)16-9-6-11-20-66-55(86)37(68-61(88)93-31-36-13-7-5-8-14-36)17-18-40(71)62-19-12-10-15-38(56(87)67-24-28-92-60-54(85)50(81)46(77)35(4)97-60)69(29-41(72)64-22-26-90-58-52(83)48(79)44(75)33(2)95-58)30-42(73)65-23-27-91-59-53(84)49(80)45(76)34(3)96-59/h5,7-8,13-14,32-35,37-38,43-54,57-60,74-85H,6,9-12,15-31H2,1-4H3,(H,62,71)(H,63,70)(H,64,72)(H,65,73)(H,66,86)(H,67,87)(H,68,88)/t32-,33-,34-,35-,37-,38-,43+,44+,45+,46?,47+,48+,49+,50+,51-,52-,53-,54-,57+,58+,59+,60+/m0/s1. The fourth-order valence-corrected chi connectivity index (χ4v) is 10.6. The highest BCUT2D eigenvalue weighted by Crippen LogP contribution is 2.25. The molecule has 0 spiro atoms. The van der Waals surface area contributed by atoms with Crippen molar-refractivity contribution >= 4 is 41.5 Å². The third-order valence-electron chi connectivity index (χ3n) is 16.6. The molecule has 36 nitrogen and oxygen atoms in total. The van der Waals surface area contributed by atoms with Crippen LogP contribution in [0.3, 0.4) is 0 Å². The molecule has 7 amide bonds. The van der Waals surface area contributed by atoms with E-state index in [1.54, 1.807) is 30.3 Å². The summed E-state index contributed by atoms with van der Waals surface area (Å²) < 4.78 is 49.2. The molecule has 0 radical (unpaired) electrons. The molecule has 5 rings (SSSR count). The first-order valence-electron chi connectivity index (χ1n) is 32.8. The Kier molecular flexibility index (Phi) is 36.0. The smallest absolute Gasteiger partial charge is 0.408 e. The van der Waals surface area contributed by atoms with Crippen molar-refractivity contribution in [3.05, 3.63) is 35.9 Å². The number of amides is 7. The summed E-state index contributed by atoms with van der Waals surface area (Å²) in [7, 11) is 0. The van der Waals surface area contributed by atoms with Crippen molar-refractivity contribution in [3.63, 3.8) is 0 Å². The highest BCUT2D eigenvalue weighted by Gasteiger charge is 2.46. The summed E-state index contributed by atoms with van der Waals surface area (Å²) in [5.41, 5.74) is 0.677. The van der Waals surface area contributed by atoms with Crippen molar-refractivity contribution in [2.45, 2.75) is 227 Å². The molecular formula is C61H102N8O28. The van der Waals surface area contributed by atoms with Crippen LogP contribution < -0.4 is 37.2 Å². The summed E-state index contributed by atoms with van der Waals surface area (Å²) in [6.07, 6.45) is -26.5. The fraction of sp³-hybridized carbons (Fsp3) is 0.787. The molecule has 4 aliphatic heterocycles. The molecular weight excluding hydrogens is 1290 g/mol. The topological polar surface area (TPSA) is 533 Å². The van der Waals surface area contributed by atoms with Crippen molar-refractivity contribution in [1.29, 1.82) is 0 Å². The Morgan fingerprint density at radius 1 is 0.412 bits per heavy atom. The number of carbonyl (C=O) groups is 7. The molecule has 97 heavy (non-hydrogen) atoms. The molecule has 4 saturated heterocycles. The first-order valence-corrected chi connectivity index (χ1v) is 32.8. The second-order valence-electron chi connectivity index (χ2n) is 24.2. The molecule has 4 aliphatic rings. The number of hydrogen-bond acceptors (Lipinski definition) is 29. The number of benzene rings is 1. The molecule has 4 fully saturated rings. The Morgan fingerprint density at radius 2 is 0.784 bits per heavy atom. The first-order chi connectivity index (χ1) is 46.2. The van der Waals surface area contributed by atoms with Crippen molar-refractivity contribution in [2.24, 2.45) is 0 Å². The average Bonchev–Trinajstić information content (AvgIpc) is 0.868. The van der Waals surface area contributed by atoms with E-state index in [0.717, 1.165) is 0 Å². The Labute approximate surface area is 561 Å². The average molecular weight is 1400 g/mol. The van der Waals surface area contributed by atoms with Gasteiger partial charge in [0.15, 0.2) is 25.2 Å². The monoisotopic (exact) mass is 1390 g/mol.